The van der Waals surface area contributed by atoms with Gasteiger partial charge >= 0.3 is 0 Å². The quantitative estimate of drug-likeness (QED) is 0.765. The van der Waals surface area contributed by atoms with Crippen molar-refractivity contribution in [2.45, 2.75) is 6.54 Å². The molecular weight excluding hydrogens is 350 g/mol. The number of imidazole rings is 1. The Morgan fingerprint density at radius 1 is 1.12 bits per heavy atom. The Labute approximate surface area is 156 Å². The van der Waals surface area contributed by atoms with Gasteiger partial charge in [-0.15, -0.1) is 0 Å². The van der Waals surface area contributed by atoms with E-state index in [9.17, 15) is 4.79 Å². The van der Waals surface area contributed by atoms with Gasteiger partial charge in [-0.1, -0.05) is 29.8 Å². The van der Waals surface area contributed by atoms with Crippen LogP contribution in [-0.2, 0) is 6.54 Å². The minimum atomic E-state index is -0.436. The standard InChI is InChI=1S/C19H20ClN5O/c20-16-4-2-1-3-15(16)12-23-7-9-24(10-8-23)25-13-22-17-11-14(19(21)26)5-6-18(17)25/h1-6,11,13H,7-10,12H2,(H2,21,26). The Morgan fingerprint density at radius 2 is 1.88 bits per heavy atom. The van der Waals surface area contributed by atoms with Crippen LogP contribution >= 0.6 is 11.6 Å². The number of hydrogen-bond acceptors (Lipinski definition) is 4. The van der Waals surface area contributed by atoms with Crippen molar-refractivity contribution in [3.05, 3.63) is 64.9 Å². The van der Waals surface area contributed by atoms with Crippen LogP contribution in [-0.4, -0.2) is 46.6 Å². The summed E-state index contributed by atoms with van der Waals surface area (Å²) in [6.07, 6.45) is 1.80. The second-order valence-electron chi connectivity index (χ2n) is 6.48. The zero-order valence-electron chi connectivity index (χ0n) is 14.3. The summed E-state index contributed by atoms with van der Waals surface area (Å²) in [5.41, 5.74) is 8.74. The number of primary amides is 1. The van der Waals surface area contributed by atoms with Crippen LogP contribution in [0.3, 0.4) is 0 Å². The lowest BCUT2D eigenvalue weighted by Gasteiger charge is -2.36. The maximum absolute atomic E-state index is 11.3. The highest BCUT2D eigenvalue weighted by molar-refractivity contribution is 6.31. The van der Waals surface area contributed by atoms with Crippen molar-refractivity contribution >= 4 is 28.5 Å². The number of carbonyl (C=O) groups is 1. The Morgan fingerprint density at radius 3 is 2.62 bits per heavy atom. The number of nitrogens with zero attached hydrogens (tertiary/aromatic N) is 4. The highest BCUT2D eigenvalue weighted by Gasteiger charge is 2.19. The molecule has 0 bridgehead atoms. The third-order valence-electron chi connectivity index (χ3n) is 4.82. The van der Waals surface area contributed by atoms with Crippen molar-refractivity contribution in [2.75, 3.05) is 31.2 Å². The van der Waals surface area contributed by atoms with Crippen molar-refractivity contribution in [1.82, 2.24) is 14.6 Å². The smallest absolute Gasteiger partial charge is 0.248 e. The number of fused-ring (bicyclic) bond motifs is 1. The second-order valence-corrected chi connectivity index (χ2v) is 6.89. The van der Waals surface area contributed by atoms with E-state index in [2.05, 4.69) is 25.6 Å². The van der Waals surface area contributed by atoms with Crippen molar-refractivity contribution < 1.29 is 4.79 Å². The number of carbonyl (C=O) groups excluding carboxylic acids is 1. The molecule has 1 fully saturated rings. The van der Waals surface area contributed by atoms with Gasteiger partial charge in [0.05, 0.1) is 11.0 Å². The predicted octanol–water partition coefficient (Wildman–Crippen LogP) is 2.24. The number of amides is 1. The molecule has 0 atom stereocenters. The lowest BCUT2D eigenvalue weighted by Crippen LogP contribution is -2.50. The van der Waals surface area contributed by atoms with Gasteiger partial charge in [0.25, 0.3) is 0 Å². The van der Waals surface area contributed by atoms with E-state index in [4.69, 9.17) is 17.3 Å². The first-order valence-electron chi connectivity index (χ1n) is 8.60. The molecule has 0 spiro atoms. The van der Waals surface area contributed by atoms with Crippen LogP contribution in [0.5, 0.6) is 0 Å². The Kier molecular flexibility index (Phi) is 4.53. The van der Waals surface area contributed by atoms with Crippen LogP contribution in [0.1, 0.15) is 15.9 Å². The van der Waals surface area contributed by atoms with Crippen molar-refractivity contribution in [2.24, 2.45) is 5.73 Å². The number of rotatable bonds is 4. The third-order valence-corrected chi connectivity index (χ3v) is 5.19. The van der Waals surface area contributed by atoms with Crippen LogP contribution in [0.2, 0.25) is 5.02 Å². The monoisotopic (exact) mass is 369 g/mol. The number of nitrogens with two attached hydrogens (primary N) is 1. The van der Waals surface area contributed by atoms with E-state index in [1.54, 1.807) is 18.5 Å². The molecule has 2 aromatic carbocycles. The molecule has 0 aliphatic carbocycles. The second kappa shape index (κ2) is 6.97. The third kappa shape index (κ3) is 3.25. The average Bonchev–Trinajstić information content (AvgIpc) is 3.07. The van der Waals surface area contributed by atoms with Gasteiger partial charge in [0, 0.05) is 43.3 Å². The zero-order valence-corrected chi connectivity index (χ0v) is 15.1. The van der Waals surface area contributed by atoms with E-state index in [0.717, 1.165) is 54.3 Å². The maximum atomic E-state index is 11.3. The molecule has 0 unspecified atom stereocenters. The summed E-state index contributed by atoms with van der Waals surface area (Å²) in [6.45, 7) is 4.55. The first-order chi connectivity index (χ1) is 12.6. The summed E-state index contributed by atoms with van der Waals surface area (Å²) >= 11 is 6.27. The topological polar surface area (TPSA) is 67.4 Å². The molecule has 134 valence electrons. The summed E-state index contributed by atoms with van der Waals surface area (Å²) in [6, 6.07) is 13.4. The van der Waals surface area contributed by atoms with E-state index in [0.29, 0.717) is 5.56 Å². The van der Waals surface area contributed by atoms with Gasteiger partial charge < -0.3 is 10.7 Å². The Bertz CT molecular complexity index is 946. The van der Waals surface area contributed by atoms with E-state index in [-0.39, 0.29) is 0 Å². The molecule has 6 nitrogen and oxygen atoms in total. The van der Waals surface area contributed by atoms with Gasteiger partial charge in [-0.2, -0.15) is 0 Å². The molecule has 4 rings (SSSR count). The first kappa shape index (κ1) is 16.9. The Balaban J connectivity index is 1.46. The number of hydrogen-bond donors (Lipinski definition) is 1. The van der Waals surface area contributed by atoms with E-state index in [1.807, 2.05) is 24.3 Å². The molecule has 1 aromatic heterocycles. The molecule has 7 heteroatoms. The van der Waals surface area contributed by atoms with E-state index < -0.39 is 5.91 Å². The van der Waals surface area contributed by atoms with Gasteiger partial charge in [0.1, 0.15) is 6.33 Å². The molecule has 0 radical (unpaired) electrons. The highest BCUT2D eigenvalue weighted by Crippen LogP contribution is 2.19. The largest absolute Gasteiger partial charge is 0.366 e. The van der Waals surface area contributed by atoms with Crippen LogP contribution in [0, 0.1) is 0 Å². The first-order valence-corrected chi connectivity index (χ1v) is 8.97. The molecule has 1 amide bonds. The lowest BCUT2D eigenvalue weighted by atomic mass is 10.2. The molecule has 26 heavy (non-hydrogen) atoms. The molecule has 0 saturated carbocycles. The molecule has 1 saturated heterocycles. The van der Waals surface area contributed by atoms with E-state index >= 15 is 0 Å². The van der Waals surface area contributed by atoms with Gasteiger partial charge in [0.15, 0.2) is 0 Å². The SMILES string of the molecule is NC(=O)c1ccc2c(c1)ncn2N1CCN(Cc2ccccc2Cl)CC1. The number of benzene rings is 2. The number of aromatic nitrogens is 2. The zero-order chi connectivity index (χ0) is 18.1. The minimum absolute atomic E-state index is 0.436. The average molecular weight is 370 g/mol. The van der Waals surface area contributed by atoms with E-state index in [1.165, 1.54) is 0 Å². The van der Waals surface area contributed by atoms with Crippen LogP contribution in [0.4, 0.5) is 0 Å². The summed E-state index contributed by atoms with van der Waals surface area (Å²) in [5, 5.41) is 3.09. The van der Waals surface area contributed by atoms with Crippen molar-refractivity contribution in [3.8, 4) is 0 Å². The molecule has 1 aliphatic heterocycles. The highest BCUT2D eigenvalue weighted by atomic mass is 35.5. The van der Waals surface area contributed by atoms with Gasteiger partial charge in [-0.25, -0.2) is 9.66 Å². The maximum Gasteiger partial charge on any atom is 0.248 e. The fourth-order valence-corrected chi connectivity index (χ4v) is 3.55. The summed E-state index contributed by atoms with van der Waals surface area (Å²) in [4.78, 5) is 18.1. The van der Waals surface area contributed by atoms with Gasteiger partial charge in [0.2, 0.25) is 5.91 Å². The van der Waals surface area contributed by atoms with Crippen molar-refractivity contribution in [3.63, 3.8) is 0 Å². The summed E-state index contributed by atoms with van der Waals surface area (Å²) in [5.74, 6) is -0.436. The molecule has 2 heterocycles. The van der Waals surface area contributed by atoms with Gasteiger partial charge in [-0.3, -0.25) is 9.69 Å². The normalized spacial score (nSPS) is 15.5. The van der Waals surface area contributed by atoms with Crippen molar-refractivity contribution in [1.29, 1.82) is 0 Å². The fraction of sp³-hybridized carbons (Fsp3) is 0.263. The Hall–Kier alpha value is -2.57. The van der Waals surface area contributed by atoms with Gasteiger partial charge in [-0.05, 0) is 29.8 Å². The van der Waals surface area contributed by atoms with Crippen LogP contribution < -0.4 is 10.7 Å². The minimum Gasteiger partial charge on any atom is -0.366 e. The lowest BCUT2D eigenvalue weighted by molar-refractivity contribution is 0.100. The molecular formula is C19H20ClN5O. The number of piperazine rings is 1. The van der Waals surface area contributed by atoms with Crippen LogP contribution in [0.25, 0.3) is 11.0 Å². The summed E-state index contributed by atoms with van der Waals surface area (Å²) in [7, 11) is 0. The predicted molar refractivity (Wildman–Crippen MR) is 103 cm³/mol. The van der Waals surface area contributed by atoms with Crippen LogP contribution in [0.15, 0.2) is 48.8 Å². The fourth-order valence-electron chi connectivity index (χ4n) is 3.36. The number of halogens is 1. The molecule has 2 N–H and O–H groups in total. The summed E-state index contributed by atoms with van der Waals surface area (Å²) < 4.78 is 2.06. The molecule has 3 aromatic rings. The molecule has 1 aliphatic rings.